The molecule has 3 heteroatoms. The summed E-state index contributed by atoms with van der Waals surface area (Å²) in [6.07, 6.45) is 5.41. The largest absolute Gasteiger partial charge is 0.381 e. The van der Waals surface area contributed by atoms with E-state index in [4.69, 9.17) is 16.3 Å². The minimum atomic E-state index is 0.763. The Bertz CT molecular complexity index is 167. The molecule has 0 amide bonds. The predicted octanol–water partition coefficient (Wildman–Crippen LogP) is 2.12. The molecule has 1 unspecified atom stereocenters. The molecular formula is C11H20ClNO. The summed E-state index contributed by atoms with van der Waals surface area (Å²) in [6.45, 7) is 4.19. The van der Waals surface area contributed by atoms with Crippen LogP contribution >= 0.6 is 11.6 Å². The van der Waals surface area contributed by atoms with Gasteiger partial charge in [0.05, 0.1) is 6.61 Å². The quantitative estimate of drug-likeness (QED) is 0.655. The van der Waals surface area contributed by atoms with E-state index >= 15 is 0 Å². The van der Waals surface area contributed by atoms with Crippen LogP contribution in [0.2, 0.25) is 0 Å². The van der Waals surface area contributed by atoms with E-state index in [-0.39, 0.29) is 0 Å². The standard InChI is InChI=1S/C11H20ClNO/c12-5-6-13(11-2-1-3-11)8-10-4-7-14-9-10/h10-11H,1-9H2. The molecule has 0 spiro atoms. The summed E-state index contributed by atoms with van der Waals surface area (Å²) >= 11 is 5.83. The zero-order valence-electron chi connectivity index (χ0n) is 8.75. The van der Waals surface area contributed by atoms with E-state index in [1.807, 2.05) is 0 Å². The number of nitrogens with zero attached hydrogens (tertiary/aromatic N) is 1. The molecule has 1 heterocycles. The first kappa shape index (κ1) is 10.7. The van der Waals surface area contributed by atoms with E-state index in [0.29, 0.717) is 0 Å². The molecule has 1 atom stereocenters. The summed E-state index contributed by atoms with van der Waals surface area (Å²) in [5.74, 6) is 1.53. The van der Waals surface area contributed by atoms with Crippen LogP contribution in [0.25, 0.3) is 0 Å². The van der Waals surface area contributed by atoms with Crippen molar-refractivity contribution in [3.05, 3.63) is 0 Å². The lowest BCUT2D eigenvalue weighted by Crippen LogP contribution is -2.43. The molecule has 0 aromatic carbocycles. The second-order valence-electron chi connectivity index (χ2n) is 4.50. The highest BCUT2D eigenvalue weighted by Crippen LogP contribution is 2.26. The fraction of sp³-hybridized carbons (Fsp3) is 1.00. The van der Waals surface area contributed by atoms with Crippen LogP contribution in [0.5, 0.6) is 0 Å². The summed E-state index contributed by atoms with van der Waals surface area (Å²) in [5.41, 5.74) is 0. The molecular weight excluding hydrogens is 198 g/mol. The van der Waals surface area contributed by atoms with Crippen LogP contribution in [-0.2, 0) is 4.74 Å². The van der Waals surface area contributed by atoms with Gasteiger partial charge >= 0.3 is 0 Å². The molecule has 0 N–H and O–H groups in total. The Morgan fingerprint density at radius 1 is 1.29 bits per heavy atom. The maximum atomic E-state index is 5.83. The molecule has 0 aromatic heterocycles. The minimum Gasteiger partial charge on any atom is -0.381 e. The first-order chi connectivity index (χ1) is 6.90. The third-order valence-corrected chi connectivity index (χ3v) is 3.65. The van der Waals surface area contributed by atoms with E-state index in [9.17, 15) is 0 Å². The van der Waals surface area contributed by atoms with Crippen LogP contribution in [0, 0.1) is 5.92 Å². The lowest BCUT2D eigenvalue weighted by Gasteiger charge is -2.38. The average molecular weight is 218 g/mol. The molecule has 82 valence electrons. The van der Waals surface area contributed by atoms with Crippen LogP contribution in [0.1, 0.15) is 25.7 Å². The lowest BCUT2D eigenvalue weighted by molar-refractivity contribution is 0.106. The summed E-state index contributed by atoms with van der Waals surface area (Å²) in [4.78, 5) is 2.58. The number of halogens is 1. The molecule has 2 rings (SSSR count). The third-order valence-electron chi connectivity index (χ3n) is 3.48. The fourth-order valence-corrected chi connectivity index (χ4v) is 2.56. The van der Waals surface area contributed by atoms with Gasteiger partial charge in [-0.25, -0.2) is 0 Å². The van der Waals surface area contributed by atoms with Crippen molar-refractivity contribution in [3.63, 3.8) is 0 Å². The number of ether oxygens (including phenoxy) is 1. The molecule has 2 fully saturated rings. The maximum absolute atomic E-state index is 5.83. The highest BCUT2D eigenvalue weighted by atomic mass is 35.5. The molecule has 2 aliphatic rings. The van der Waals surface area contributed by atoms with E-state index in [1.165, 1.54) is 32.2 Å². The molecule has 2 nitrogen and oxygen atoms in total. The lowest BCUT2D eigenvalue weighted by atomic mass is 9.90. The van der Waals surface area contributed by atoms with Gasteiger partial charge in [0.15, 0.2) is 0 Å². The molecule has 1 saturated carbocycles. The SMILES string of the molecule is ClCCN(CC1CCOC1)C1CCC1. The van der Waals surface area contributed by atoms with Crippen molar-refractivity contribution < 1.29 is 4.74 Å². The van der Waals surface area contributed by atoms with E-state index in [1.54, 1.807) is 0 Å². The Morgan fingerprint density at radius 3 is 2.64 bits per heavy atom. The highest BCUT2D eigenvalue weighted by molar-refractivity contribution is 6.18. The molecule has 0 aromatic rings. The zero-order chi connectivity index (χ0) is 9.80. The van der Waals surface area contributed by atoms with Gasteiger partial charge in [-0.1, -0.05) is 6.42 Å². The van der Waals surface area contributed by atoms with Crippen molar-refractivity contribution in [1.29, 1.82) is 0 Å². The minimum absolute atomic E-state index is 0.763. The Labute approximate surface area is 91.6 Å². The normalized spacial score (nSPS) is 28.3. The van der Waals surface area contributed by atoms with E-state index in [0.717, 1.165) is 37.6 Å². The van der Waals surface area contributed by atoms with Gasteiger partial charge in [0.2, 0.25) is 0 Å². The Kier molecular flexibility index (Phi) is 4.09. The monoisotopic (exact) mass is 217 g/mol. The van der Waals surface area contributed by atoms with Gasteiger partial charge in [0.1, 0.15) is 0 Å². The van der Waals surface area contributed by atoms with Crippen molar-refractivity contribution in [1.82, 2.24) is 4.90 Å². The predicted molar refractivity (Wildman–Crippen MR) is 58.9 cm³/mol. The van der Waals surface area contributed by atoms with Crippen molar-refractivity contribution in [2.45, 2.75) is 31.7 Å². The molecule has 1 aliphatic heterocycles. The summed E-state index contributed by atoms with van der Waals surface area (Å²) < 4.78 is 5.41. The van der Waals surface area contributed by atoms with Gasteiger partial charge in [-0.2, -0.15) is 0 Å². The van der Waals surface area contributed by atoms with Crippen LogP contribution in [0.3, 0.4) is 0 Å². The second-order valence-corrected chi connectivity index (χ2v) is 4.88. The van der Waals surface area contributed by atoms with Gasteiger partial charge in [0, 0.05) is 31.6 Å². The molecule has 0 radical (unpaired) electrons. The molecule has 14 heavy (non-hydrogen) atoms. The van der Waals surface area contributed by atoms with Gasteiger partial charge in [-0.05, 0) is 25.2 Å². The number of hydrogen-bond donors (Lipinski definition) is 0. The van der Waals surface area contributed by atoms with Crippen molar-refractivity contribution in [2.24, 2.45) is 5.92 Å². The summed E-state index contributed by atoms with van der Waals surface area (Å²) in [6, 6.07) is 0.828. The number of rotatable bonds is 5. The maximum Gasteiger partial charge on any atom is 0.0507 e. The molecule has 1 aliphatic carbocycles. The Morgan fingerprint density at radius 2 is 2.14 bits per heavy atom. The average Bonchev–Trinajstić information content (AvgIpc) is 2.54. The van der Waals surface area contributed by atoms with Crippen molar-refractivity contribution in [3.8, 4) is 0 Å². The van der Waals surface area contributed by atoms with Crippen LogP contribution < -0.4 is 0 Å². The van der Waals surface area contributed by atoms with Crippen molar-refractivity contribution in [2.75, 3.05) is 32.2 Å². The molecule has 0 bridgehead atoms. The number of hydrogen-bond acceptors (Lipinski definition) is 2. The van der Waals surface area contributed by atoms with Crippen LogP contribution in [0.4, 0.5) is 0 Å². The van der Waals surface area contributed by atoms with E-state index < -0.39 is 0 Å². The summed E-state index contributed by atoms with van der Waals surface area (Å²) in [5, 5.41) is 0. The van der Waals surface area contributed by atoms with Gasteiger partial charge in [-0.15, -0.1) is 11.6 Å². The highest BCUT2D eigenvalue weighted by Gasteiger charge is 2.27. The topological polar surface area (TPSA) is 12.5 Å². The smallest absolute Gasteiger partial charge is 0.0507 e. The van der Waals surface area contributed by atoms with Crippen LogP contribution in [-0.4, -0.2) is 43.1 Å². The summed E-state index contributed by atoms with van der Waals surface area (Å²) in [7, 11) is 0. The second kappa shape index (κ2) is 5.34. The van der Waals surface area contributed by atoms with Gasteiger partial charge < -0.3 is 4.74 Å². The van der Waals surface area contributed by atoms with Crippen LogP contribution in [0.15, 0.2) is 0 Å². The fourth-order valence-electron chi connectivity index (χ4n) is 2.34. The zero-order valence-corrected chi connectivity index (χ0v) is 9.51. The first-order valence-corrected chi connectivity index (χ1v) is 6.31. The number of alkyl halides is 1. The van der Waals surface area contributed by atoms with E-state index in [2.05, 4.69) is 4.90 Å². The van der Waals surface area contributed by atoms with Gasteiger partial charge in [0.25, 0.3) is 0 Å². The first-order valence-electron chi connectivity index (χ1n) is 5.78. The van der Waals surface area contributed by atoms with Gasteiger partial charge in [-0.3, -0.25) is 4.90 Å². The third kappa shape index (κ3) is 2.62. The molecule has 1 saturated heterocycles. The Balaban J connectivity index is 1.76. The Hall–Kier alpha value is 0.210. The van der Waals surface area contributed by atoms with Crippen molar-refractivity contribution >= 4 is 11.6 Å².